The van der Waals surface area contributed by atoms with Gasteiger partial charge in [-0.25, -0.2) is 0 Å². The predicted molar refractivity (Wildman–Crippen MR) is 46.2 cm³/mol. The minimum absolute atomic E-state index is 0.368. The van der Waals surface area contributed by atoms with E-state index in [0.717, 1.165) is 0 Å². The van der Waals surface area contributed by atoms with Crippen molar-refractivity contribution in [2.45, 2.75) is 6.04 Å². The largest absolute Gasteiger partial charge is 0.480 e. The molecule has 0 spiro atoms. The Morgan fingerprint density at radius 1 is 1.75 bits per heavy atom. The summed E-state index contributed by atoms with van der Waals surface area (Å²) in [5.41, 5.74) is 5.78. The van der Waals surface area contributed by atoms with Crippen LogP contribution < -0.4 is 5.73 Å². The third-order valence-corrected chi connectivity index (χ3v) is 1.80. The molecule has 0 saturated carbocycles. The summed E-state index contributed by atoms with van der Waals surface area (Å²) in [4.78, 5) is 13.2. The van der Waals surface area contributed by atoms with Gasteiger partial charge in [0.1, 0.15) is 10.7 Å². The van der Waals surface area contributed by atoms with E-state index in [-0.39, 0.29) is 0 Å². The van der Waals surface area contributed by atoms with Gasteiger partial charge in [-0.15, -0.1) is 0 Å². The van der Waals surface area contributed by atoms with Crippen LogP contribution in [-0.2, 0) is 4.79 Å². The fraction of sp³-hybridized carbons (Fsp3) is 0.143. The van der Waals surface area contributed by atoms with E-state index in [0.29, 0.717) is 10.2 Å². The van der Waals surface area contributed by atoms with Gasteiger partial charge in [0.25, 0.3) is 0 Å². The number of rotatable bonds is 2. The fourth-order valence-corrected chi connectivity index (χ4v) is 1.08. The molecule has 1 unspecified atom stereocenters. The van der Waals surface area contributed by atoms with Crippen molar-refractivity contribution in [3.63, 3.8) is 0 Å². The lowest BCUT2D eigenvalue weighted by Crippen LogP contribution is -2.21. The van der Waals surface area contributed by atoms with Gasteiger partial charge in [-0.1, -0.05) is 18.3 Å². The minimum Gasteiger partial charge on any atom is -0.480 e. The molecule has 12 heavy (non-hydrogen) atoms. The SMILES string of the molecule is NC(C(=O)O)c1ccc[nH]c1=S. The van der Waals surface area contributed by atoms with Crippen molar-refractivity contribution in [3.8, 4) is 0 Å². The highest BCUT2D eigenvalue weighted by Crippen LogP contribution is 2.09. The monoisotopic (exact) mass is 184 g/mol. The van der Waals surface area contributed by atoms with E-state index in [1.165, 1.54) is 0 Å². The van der Waals surface area contributed by atoms with Crippen LogP contribution >= 0.6 is 12.2 Å². The summed E-state index contributed by atoms with van der Waals surface area (Å²) in [5, 5.41) is 8.57. The average Bonchev–Trinajstić information content (AvgIpc) is 2.04. The second kappa shape index (κ2) is 3.46. The topological polar surface area (TPSA) is 79.1 Å². The van der Waals surface area contributed by atoms with Crippen LogP contribution in [0.2, 0.25) is 0 Å². The summed E-state index contributed by atoms with van der Waals surface area (Å²) in [6, 6.07) is 2.21. The molecule has 1 aromatic heterocycles. The van der Waals surface area contributed by atoms with Gasteiger partial charge in [0.15, 0.2) is 0 Å². The molecule has 0 aliphatic rings. The molecule has 64 valence electrons. The molecule has 0 bridgehead atoms. The molecule has 0 fully saturated rings. The van der Waals surface area contributed by atoms with Crippen molar-refractivity contribution < 1.29 is 9.90 Å². The third kappa shape index (κ3) is 1.69. The van der Waals surface area contributed by atoms with E-state index < -0.39 is 12.0 Å². The highest BCUT2D eigenvalue weighted by atomic mass is 32.1. The van der Waals surface area contributed by atoms with Gasteiger partial charge in [0.05, 0.1) is 0 Å². The van der Waals surface area contributed by atoms with E-state index in [1.807, 2.05) is 0 Å². The van der Waals surface area contributed by atoms with Crippen LogP contribution in [0.25, 0.3) is 0 Å². The number of pyridine rings is 1. The standard InChI is InChI=1S/C7H8N2O2S/c8-5(7(10)11)4-2-1-3-9-6(4)12/h1-3,5H,8H2,(H,9,12)(H,10,11). The fourth-order valence-electron chi connectivity index (χ4n) is 0.813. The number of aromatic nitrogens is 1. The normalized spacial score (nSPS) is 12.4. The Hall–Kier alpha value is -1.20. The number of H-pyrrole nitrogens is 1. The van der Waals surface area contributed by atoms with Crippen LogP contribution in [0.3, 0.4) is 0 Å². The Kier molecular flexibility index (Phi) is 2.57. The van der Waals surface area contributed by atoms with Gasteiger partial charge >= 0.3 is 5.97 Å². The Balaban J connectivity index is 3.11. The molecule has 1 aromatic rings. The number of carbonyl (C=O) groups is 1. The zero-order chi connectivity index (χ0) is 9.14. The molecule has 0 aromatic carbocycles. The molecule has 0 radical (unpaired) electrons. The van der Waals surface area contributed by atoms with E-state index in [2.05, 4.69) is 4.98 Å². The van der Waals surface area contributed by atoms with Crippen LogP contribution in [0.1, 0.15) is 11.6 Å². The van der Waals surface area contributed by atoms with Crippen LogP contribution in [0.15, 0.2) is 18.3 Å². The van der Waals surface area contributed by atoms with Crippen LogP contribution in [0.5, 0.6) is 0 Å². The number of aromatic amines is 1. The summed E-state index contributed by atoms with van der Waals surface area (Å²) in [5.74, 6) is -1.08. The molecule has 0 amide bonds. The first-order valence-corrected chi connectivity index (χ1v) is 3.69. The van der Waals surface area contributed by atoms with Crippen molar-refractivity contribution in [1.82, 2.24) is 4.98 Å². The summed E-state index contributed by atoms with van der Waals surface area (Å²) in [7, 11) is 0. The summed E-state index contributed by atoms with van der Waals surface area (Å²) < 4.78 is 0.368. The van der Waals surface area contributed by atoms with Gasteiger partial charge in [0.2, 0.25) is 0 Å². The summed E-state index contributed by atoms with van der Waals surface area (Å²) in [6.07, 6.45) is 1.63. The lowest BCUT2D eigenvalue weighted by molar-refractivity contribution is -0.138. The smallest absolute Gasteiger partial charge is 0.325 e. The van der Waals surface area contributed by atoms with Gasteiger partial charge < -0.3 is 15.8 Å². The zero-order valence-corrected chi connectivity index (χ0v) is 6.97. The molecular weight excluding hydrogens is 176 g/mol. The maximum absolute atomic E-state index is 10.5. The highest BCUT2D eigenvalue weighted by molar-refractivity contribution is 7.71. The number of hydrogen-bond acceptors (Lipinski definition) is 3. The van der Waals surface area contributed by atoms with Crippen molar-refractivity contribution in [2.75, 3.05) is 0 Å². The number of carboxylic acids is 1. The van der Waals surface area contributed by atoms with Crippen LogP contribution in [0, 0.1) is 4.64 Å². The van der Waals surface area contributed by atoms with Gasteiger partial charge in [0, 0.05) is 11.8 Å². The summed E-state index contributed by atoms with van der Waals surface area (Å²) >= 11 is 4.85. The Morgan fingerprint density at radius 2 is 2.42 bits per heavy atom. The molecule has 0 aliphatic heterocycles. The molecule has 4 nitrogen and oxygen atoms in total. The van der Waals surface area contributed by atoms with Crippen molar-refractivity contribution in [1.29, 1.82) is 0 Å². The first-order valence-electron chi connectivity index (χ1n) is 3.29. The lowest BCUT2D eigenvalue weighted by atomic mass is 10.1. The lowest BCUT2D eigenvalue weighted by Gasteiger charge is -2.05. The maximum atomic E-state index is 10.5. The minimum atomic E-state index is -1.08. The number of hydrogen-bond donors (Lipinski definition) is 3. The van der Waals surface area contributed by atoms with E-state index in [4.69, 9.17) is 23.1 Å². The Bertz CT molecular complexity index is 347. The molecule has 1 rings (SSSR count). The van der Waals surface area contributed by atoms with Crippen LogP contribution in [-0.4, -0.2) is 16.1 Å². The number of nitrogens with two attached hydrogens (primary N) is 1. The predicted octanol–water partition coefficient (Wildman–Crippen LogP) is 0.829. The van der Waals surface area contributed by atoms with E-state index in [1.54, 1.807) is 18.3 Å². The third-order valence-electron chi connectivity index (χ3n) is 1.45. The van der Waals surface area contributed by atoms with Gasteiger partial charge in [-0.2, -0.15) is 0 Å². The van der Waals surface area contributed by atoms with Gasteiger partial charge in [-0.3, -0.25) is 4.79 Å². The second-order valence-corrected chi connectivity index (χ2v) is 2.68. The summed E-state index contributed by atoms with van der Waals surface area (Å²) in [6.45, 7) is 0. The Labute approximate surface area is 74.0 Å². The molecule has 1 heterocycles. The highest BCUT2D eigenvalue weighted by Gasteiger charge is 2.14. The first-order chi connectivity index (χ1) is 5.63. The number of carboxylic acid groups (broad SMARTS) is 1. The van der Waals surface area contributed by atoms with Gasteiger partial charge in [-0.05, 0) is 6.07 Å². The maximum Gasteiger partial charge on any atom is 0.325 e. The Morgan fingerprint density at radius 3 is 2.92 bits per heavy atom. The van der Waals surface area contributed by atoms with E-state index in [9.17, 15) is 4.79 Å². The molecular formula is C7H8N2O2S. The van der Waals surface area contributed by atoms with Crippen molar-refractivity contribution in [2.24, 2.45) is 5.73 Å². The van der Waals surface area contributed by atoms with Crippen LogP contribution in [0.4, 0.5) is 0 Å². The molecule has 5 heteroatoms. The number of nitrogens with one attached hydrogen (secondary N) is 1. The first kappa shape index (κ1) is 8.89. The molecule has 1 atom stereocenters. The zero-order valence-electron chi connectivity index (χ0n) is 6.15. The molecule has 0 saturated heterocycles. The average molecular weight is 184 g/mol. The molecule has 0 aliphatic carbocycles. The number of aliphatic carboxylic acids is 1. The quantitative estimate of drug-likeness (QED) is 0.595. The van der Waals surface area contributed by atoms with Crippen molar-refractivity contribution in [3.05, 3.63) is 28.5 Å². The second-order valence-electron chi connectivity index (χ2n) is 2.27. The molecule has 4 N–H and O–H groups in total. The van der Waals surface area contributed by atoms with E-state index >= 15 is 0 Å². The van der Waals surface area contributed by atoms with Crippen molar-refractivity contribution >= 4 is 18.2 Å².